The molecule has 0 saturated carbocycles. The molecule has 0 aliphatic carbocycles. The number of nitrogens with one attached hydrogen (secondary N) is 1. The van der Waals surface area contributed by atoms with Crippen LogP contribution in [0.15, 0.2) is 42.5 Å². The number of fused-ring (bicyclic) bond motifs is 1. The largest absolute Gasteiger partial charge is 0.473 e. The second-order valence-corrected chi connectivity index (χ2v) is 9.91. The van der Waals surface area contributed by atoms with Crippen LogP contribution in [0.3, 0.4) is 0 Å². The third kappa shape index (κ3) is 12.5. The number of hydrogen-bond donors (Lipinski definition) is 5. The summed E-state index contributed by atoms with van der Waals surface area (Å²) in [7, 11) is 0. The highest BCUT2D eigenvalue weighted by Crippen LogP contribution is 2.26. The minimum absolute atomic E-state index is 0.462. The van der Waals surface area contributed by atoms with Crippen LogP contribution in [0, 0.1) is 5.92 Å². The number of carbonyl (C=O) groups is 4. The summed E-state index contributed by atoms with van der Waals surface area (Å²) in [5.74, 6) is -6.66. The van der Waals surface area contributed by atoms with Gasteiger partial charge in [-0.1, -0.05) is 48.9 Å². The Morgan fingerprint density at radius 3 is 2.08 bits per heavy atom. The second kappa shape index (κ2) is 17.9. The molecule has 4 rings (SSSR count). The topological polar surface area (TPSA) is 174 Å². The van der Waals surface area contributed by atoms with E-state index in [0.717, 1.165) is 26.1 Å². The first kappa shape index (κ1) is 32.7. The number of hydrogen-bond acceptors (Lipinski definition) is 7. The highest BCUT2D eigenvalue weighted by Gasteiger charge is 2.22. The zero-order chi connectivity index (χ0) is 29.3. The predicted molar refractivity (Wildman–Crippen MR) is 148 cm³/mol. The lowest BCUT2D eigenvalue weighted by Gasteiger charge is -2.27. The molecule has 0 aromatic heterocycles. The van der Waals surface area contributed by atoms with Crippen molar-refractivity contribution < 1.29 is 44.3 Å². The van der Waals surface area contributed by atoms with E-state index in [1.807, 2.05) is 0 Å². The molecule has 2 unspecified atom stereocenters. The first-order valence-electron chi connectivity index (χ1n) is 13.6. The number of carboxylic acid groups (broad SMARTS) is 4. The maximum atomic E-state index is 9.10. The molecule has 2 aliphatic rings. The Morgan fingerprint density at radius 2 is 1.48 bits per heavy atom. The van der Waals surface area contributed by atoms with Gasteiger partial charge in [0.1, 0.15) is 0 Å². The summed E-state index contributed by atoms with van der Waals surface area (Å²) in [5.41, 5.74) is 1.49. The summed E-state index contributed by atoms with van der Waals surface area (Å²) in [6, 6.07) is 15.6. The standard InChI is InChI=1S/C25H36N2O.2C2H2O4/c1-4-14-27(15-5-1)16-13-26-20-21(19-24-11-7-17-28-24)18-23-10-6-9-22-8-2-3-12-25(22)23;2*3-1(4)2(5)6/h2-3,6,8-10,12,21,24,26H,1,4-5,7,11,13-20H2;2*(H,3,4)(H,5,6). The van der Waals surface area contributed by atoms with Gasteiger partial charge < -0.3 is 35.4 Å². The van der Waals surface area contributed by atoms with Crippen LogP contribution < -0.4 is 5.32 Å². The molecule has 2 aliphatic heterocycles. The molecular formula is C29H40N2O9. The van der Waals surface area contributed by atoms with Gasteiger partial charge in [0.25, 0.3) is 0 Å². The number of carboxylic acids is 4. The number of benzene rings is 2. The SMILES string of the molecule is O=C(O)C(=O)O.O=C(O)C(=O)O.c1ccc2c(CC(CNCCN3CCCCC3)CC3CCCO3)cccc2c1. The van der Waals surface area contributed by atoms with E-state index >= 15 is 0 Å². The maximum absolute atomic E-state index is 9.10. The molecule has 2 saturated heterocycles. The van der Waals surface area contributed by atoms with Crippen LogP contribution in [0.2, 0.25) is 0 Å². The molecule has 0 amide bonds. The van der Waals surface area contributed by atoms with Crippen molar-refractivity contribution in [3.05, 3.63) is 48.0 Å². The van der Waals surface area contributed by atoms with Crippen molar-refractivity contribution in [2.45, 2.75) is 51.0 Å². The molecule has 2 heterocycles. The average Bonchev–Trinajstić information content (AvgIpc) is 3.45. The first-order chi connectivity index (χ1) is 19.2. The van der Waals surface area contributed by atoms with Crippen molar-refractivity contribution in [2.24, 2.45) is 5.92 Å². The zero-order valence-electron chi connectivity index (χ0n) is 22.7. The fourth-order valence-corrected chi connectivity index (χ4v) is 4.95. The van der Waals surface area contributed by atoms with E-state index in [4.69, 9.17) is 44.3 Å². The summed E-state index contributed by atoms with van der Waals surface area (Å²) in [4.78, 5) is 39.0. The van der Waals surface area contributed by atoms with E-state index in [-0.39, 0.29) is 0 Å². The number of aliphatic carboxylic acids is 4. The van der Waals surface area contributed by atoms with E-state index in [1.54, 1.807) is 0 Å². The molecule has 0 bridgehead atoms. The molecular weight excluding hydrogens is 520 g/mol. The summed E-state index contributed by atoms with van der Waals surface area (Å²) < 4.78 is 5.97. The quantitative estimate of drug-likeness (QED) is 0.225. The van der Waals surface area contributed by atoms with Gasteiger partial charge >= 0.3 is 23.9 Å². The Labute approximate surface area is 233 Å². The smallest absolute Gasteiger partial charge is 0.414 e. The monoisotopic (exact) mass is 560 g/mol. The Bertz CT molecular complexity index is 1040. The van der Waals surface area contributed by atoms with Gasteiger partial charge in [-0.3, -0.25) is 0 Å². The van der Waals surface area contributed by atoms with Gasteiger partial charge in [0.2, 0.25) is 0 Å². The summed E-state index contributed by atoms with van der Waals surface area (Å²) in [5, 5.41) is 36.1. The van der Waals surface area contributed by atoms with Crippen LogP contribution in [0.1, 0.15) is 44.1 Å². The van der Waals surface area contributed by atoms with E-state index in [1.165, 1.54) is 74.5 Å². The number of likely N-dealkylation sites (tertiary alicyclic amines) is 1. The second-order valence-electron chi connectivity index (χ2n) is 9.91. The number of rotatable bonds is 9. The van der Waals surface area contributed by atoms with Gasteiger partial charge in [-0.25, -0.2) is 19.2 Å². The molecule has 2 atom stereocenters. The van der Waals surface area contributed by atoms with Crippen LogP contribution in [-0.2, 0) is 30.3 Å². The fraction of sp³-hybridized carbons (Fsp3) is 0.517. The zero-order valence-corrected chi connectivity index (χ0v) is 22.7. The van der Waals surface area contributed by atoms with Crippen LogP contribution in [0.25, 0.3) is 10.8 Å². The van der Waals surface area contributed by atoms with Crippen LogP contribution in [0.5, 0.6) is 0 Å². The molecule has 5 N–H and O–H groups in total. The van der Waals surface area contributed by atoms with Gasteiger partial charge in [-0.2, -0.15) is 0 Å². The molecule has 0 radical (unpaired) electrons. The lowest BCUT2D eigenvalue weighted by Crippen LogP contribution is -2.37. The van der Waals surface area contributed by atoms with E-state index < -0.39 is 23.9 Å². The fourth-order valence-electron chi connectivity index (χ4n) is 4.95. The first-order valence-corrected chi connectivity index (χ1v) is 13.6. The number of nitrogens with zero attached hydrogens (tertiary/aromatic N) is 1. The average molecular weight is 561 g/mol. The van der Waals surface area contributed by atoms with Crippen molar-refractivity contribution >= 4 is 34.6 Å². The number of ether oxygens (including phenoxy) is 1. The van der Waals surface area contributed by atoms with Crippen LogP contribution in [0.4, 0.5) is 0 Å². The molecule has 11 heteroatoms. The molecule has 0 spiro atoms. The highest BCUT2D eigenvalue weighted by atomic mass is 16.5. The van der Waals surface area contributed by atoms with Crippen molar-refractivity contribution in [3.8, 4) is 0 Å². The summed E-state index contributed by atoms with van der Waals surface area (Å²) in [6.45, 7) is 6.93. The van der Waals surface area contributed by atoms with Crippen LogP contribution >= 0.6 is 0 Å². The Kier molecular flexibility index (Phi) is 14.6. The van der Waals surface area contributed by atoms with Gasteiger partial charge in [0.15, 0.2) is 0 Å². The van der Waals surface area contributed by atoms with Gasteiger partial charge in [-0.15, -0.1) is 0 Å². The van der Waals surface area contributed by atoms with Gasteiger partial charge in [-0.05, 0) is 80.4 Å². The minimum Gasteiger partial charge on any atom is -0.473 e. The molecule has 2 aromatic carbocycles. The van der Waals surface area contributed by atoms with E-state index in [9.17, 15) is 0 Å². The van der Waals surface area contributed by atoms with E-state index in [2.05, 4.69) is 52.7 Å². The van der Waals surface area contributed by atoms with Crippen molar-refractivity contribution in [2.75, 3.05) is 39.3 Å². The maximum Gasteiger partial charge on any atom is 0.414 e. The minimum atomic E-state index is -1.82. The Balaban J connectivity index is 0.000000393. The summed E-state index contributed by atoms with van der Waals surface area (Å²) in [6.07, 6.45) is 9.42. The molecule has 40 heavy (non-hydrogen) atoms. The molecule has 2 aromatic rings. The van der Waals surface area contributed by atoms with Crippen molar-refractivity contribution in [1.82, 2.24) is 10.2 Å². The third-order valence-electron chi connectivity index (χ3n) is 6.86. The number of piperidine rings is 1. The Morgan fingerprint density at radius 1 is 0.850 bits per heavy atom. The Hall–Kier alpha value is -3.54. The van der Waals surface area contributed by atoms with Gasteiger partial charge in [0, 0.05) is 19.7 Å². The normalized spacial score (nSPS) is 17.6. The lowest BCUT2D eigenvalue weighted by atomic mass is 9.90. The third-order valence-corrected chi connectivity index (χ3v) is 6.86. The highest BCUT2D eigenvalue weighted by molar-refractivity contribution is 6.27. The van der Waals surface area contributed by atoms with E-state index in [0.29, 0.717) is 12.0 Å². The van der Waals surface area contributed by atoms with Crippen molar-refractivity contribution in [1.29, 1.82) is 0 Å². The molecule has 220 valence electrons. The summed E-state index contributed by atoms with van der Waals surface area (Å²) >= 11 is 0. The lowest BCUT2D eigenvalue weighted by molar-refractivity contribution is -0.159. The molecule has 11 nitrogen and oxygen atoms in total. The van der Waals surface area contributed by atoms with Gasteiger partial charge in [0.05, 0.1) is 6.10 Å². The van der Waals surface area contributed by atoms with Crippen LogP contribution in [-0.4, -0.2) is 94.6 Å². The van der Waals surface area contributed by atoms with Crippen molar-refractivity contribution in [3.63, 3.8) is 0 Å². The molecule has 2 fully saturated rings. The predicted octanol–water partition coefficient (Wildman–Crippen LogP) is 2.95.